The van der Waals surface area contributed by atoms with Crippen LogP contribution in [0.2, 0.25) is 0 Å². The molecule has 0 fully saturated rings. The Morgan fingerprint density at radius 1 is 1.47 bits per heavy atom. The van der Waals surface area contributed by atoms with Crippen molar-refractivity contribution in [2.75, 3.05) is 13.2 Å². The summed E-state index contributed by atoms with van der Waals surface area (Å²) in [6.45, 7) is 4.97. The largest absolute Gasteiger partial charge is 0.378 e. The van der Waals surface area contributed by atoms with Crippen LogP contribution in [-0.2, 0) is 4.74 Å². The van der Waals surface area contributed by atoms with Gasteiger partial charge in [-0.25, -0.2) is 4.98 Å². The highest BCUT2D eigenvalue weighted by Crippen LogP contribution is 2.32. The number of fused-ring (bicyclic) bond motifs is 3. The Morgan fingerprint density at radius 3 is 3.00 bits per heavy atom. The zero-order valence-corrected chi connectivity index (χ0v) is 12.5. The van der Waals surface area contributed by atoms with E-state index in [4.69, 9.17) is 4.74 Å². The van der Waals surface area contributed by atoms with Gasteiger partial charge in [0.25, 0.3) is 0 Å². The van der Waals surface area contributed by atoms with Gasteiger partial charge in [0.1, 0.15) is 5.82 Å². The van der Waals surface area contributed by atoms with Crippen LogP contribution in [0, 0.1) is 0 Å². The quantitative estimate of drug-likeness (QED) is 0.598. The van der Waals surface area contributed by atoms with Crippen molar-refractivity contribution in [1.82, 2.24) is 9.55 Å². The Hall–Kier alpha value is -1.20. The zero-order valence-electron chi connectivity index (χ0n) is 10.9. The summed E-state index contributed by atoms with van der Waals surface area (Å²) in [5, 5.41) is 0. The lowest BCUT2D eigenvalue weighted by atomic mass is 10.1. The molecule has 2 heterocycles. The molecule has 0 saturated carbocycles. The van der Waals surface area contributed by atoms with Crippen LogP contribution in [0.25, 0.3) is 11.0 Å². The lowest BCUT2D eigenvalue weighted by Gasteiger charge is -2.14. The zero-order chi connectivity index (χ0) is 13.6. The van der Waals surface area contributed by atoms with Gasteiger partial charge in [-0.3, -0.25) is 4.79 Å². The Labute approximate surface area is 119 Å². The first-order chi connectivity index (χ1) is 9.08. The highest BCUT2D eigenvalue weighted by molar-refractivity contribution is 9.09. The van der Waals surface area contributed by atoms with E-state index in [0.717, 1.165) is 22.4 Å². The van der Waals surface area contributed by atoms with Crippen molar-refractivity contribution in [3.8, 4) is 0 Å². The van der Waals surface area contributed by atoms with E-state index in [2.05, 4.69) is 32.4 Å². The van der Waals surface area contributed by atoms with Gasteiger partial charge in [0.05, 0.1) is 35.1 Å². The maximum atomic E-state index is 11.5. The lowest BCUT2D eigenvalue weighted by molar-refractivity contribution is 0.101. The second kappa shape index (κ2) is 4.72. The number of nitrogens with zero attached hydrogens (tertiary/aromatic N) is 2. The average molecular weight is 323 g/mol. The fourth-order valence-corrected chi connectivity index (χ4v) is 3.02. The van der Waals surface area contributed by atoms with Gasteiger partial charge >= 0.3 is 0 Å². The number of aromatic nitrogens is 2. The van der Waals surface area contributed by atoms with Crippen molar-refractivity contribution in [3.05, 3.63) is 29.6 Å². The maximum Gasteiger partial charge on any atom is 0.159 e. The number of alkyl halides is 1. The number of hydrogen-bond donors (Lipinski definition) is 0. The summed E-state index contributed by atoms with van der Waals surface area (Å²) in [6, 6.07) is 5.89. The van der Waals surface area contributed by atoms with Gasteiger partial charge in [-0.2, -0.15) is 0 Å². The third-order valence-electron chi connectivity index (χ3n) is 3.47. The first kappa shape index (κ1) is 12.8. The predicted molar refractivity (Wildman–Crippen MR) is 76.9 cm³/mol. The van der Waals surface area contributed by atoms with Gasteiger partial charge in [-0.05, 0) is 32.0 Å². The monoisotopic (exact) mass is 322 g/mol. The first-order valence-corrected chi connectivity index (χ1v) is 7.24. The number of carbonyl (C=O) groups is 1. The van der Waals surface area contributed by atoms with E-state index < -0.39 is 0 Å². The summed E-state index contributed by atoms with van der Waals surface area (Å²) in [5.41, 5.74) is 2.65. The summed E-state index contributed by atoms with van der Waals surface area (Å²) in [6.07, 6.45) is 0. The van der Waals surface area contributed by atoms with Crippen LogP contribution < -0.4 is 0 Å². The van der Waals surface area contributed by atoms with E-state index in [1.54, 1.807) is 6.92 Å². The molecule has 0 radical (unpaired) electrons. The van der Waals surface area contributed by atoms with Crippen LogP contribution in [0.1, 0.15) is 40.9 Å². The van der Waals surface area contributed by atoms with E-state index >= 15 is 0 Å². The molecule has 100 valence electrons. The summed E-state index contributed by atoms with van der Waals surface area (Å²) >= 11 is 3.61. The summed E-state index contributed by atoms with van der Waals surface area (Å²) in [5.74, 6) is 1.05. The molecule has 1 aromatic heterocycles. The van der Waals surface area contributed by atoms with Gasteiger partial charge < -0.3 is 9.30 Å². The second-order valence-corrected chi connectivity index (χ2v) is 6.06. The molecule has 19 heavy (non-hydrogen) atoms. The molecule has 2 atom stereocenters. The molecular weight excluding hydrogens is 308 g/mol. The molecular formula is C14H15BrN2O2. The molecule has 0 aliphatic carbocycles. The minimum absolute atomic E-state index is 0.0744. The highest BCUT2D eigenvalue weighted by atomic mass is 79.9. The Kier molecular flexibility index (Phi) is 3.19. The van der Waals surface area contributed by atoms with Crippen molar-refractivity contribution in [3.63, 3.8) is 0 Å². The number of Topliss-reactive ketones (excluding diaryl/α,β-unsaturated/α-hetero) is 1. The van der Waals surface area contributed by atoms with Gasteiger partial charge in [-0.1, -0.05) is 15.9 Å². The number of ether oxygens (including phenoxy) is 1. The van der Waals surface area contributed by atoms with Crippen molar-refractivity contribution in [2.45, 2.75) is 24.7 Å². The Bertz CT molecular complexity index is 650. The average Bonchev–Trinajstić information content (AvgIpc) is 2.70. The summed E-state index contributed by atoms with van der Waals surface area (Å²) in [4.78, 5) is 16.3. The van der Waals surface area contributed by atoms with Crippen LogP contribution in [-0.4, -0.2) is 28.5 Å². The van der Waals surface area contributed by atoms with Gasteiger partial charge in [-0.15, -0.1) is 0 Å². The number of rotatable bonds is 1. The fraction of sp³-hybridized carbons (Fsp3) is 0.429. The number of ketones is 1. The van der Waals surface area contributed by atoms with Crippen molar-refractivity contribution in [1.29, 1.82) is 0 Å². The maximum absolute atomic E-state index is 11.5. The van der Waals surface area contributed by atoms with E-state index in [-0.39, 0.29) is 16.7 Å². The third kappa shape index (κ3) is 2.11. The lowest BCUT2D eigenvalue weighted by Crippen LogP contribution is -2.10. The second-order valence-electron chi connectivity index (χ2n) is 4.95. The first-order valence-electron chi connectivity index (χ1n) is 6.32. The standard InChI is InChI=1S/C14H15BrN2O2/c1-8-6-19-7-11(15)14-16-12-4-3-10(9(2)18)5-13(12)17(8)14/h3-5,8,11H,6-7H2,1-2H3/t8-,11?/m0/s1. The normalized spacial score (nSPS) is 23.1. The van der Waals surface area contributed by atoms with Gasteiger partial charge in [0, 0.05) is 5.56 Å². The molecule has 1 aliphatic heterocycles. The predicted octanol–water partition coefficient (Wildman–Crippen LogP) is 3.27. The SMILES string of the molecule is CC(=O)c1ccc2nc3n(c2c1)[C@@H](C)COCC3Br. The Balaban J connectivity index is 2.27. The number of halogens is 1. The highest BCUT2D eigenvalue weighted by Gasteiger charge is 2.25. The van der Waals surface area contributed by atoms with Crippen LogP contribution in [0.3, 0.4) is 0 Å². The van der Waals surface area contributed by atoms with Crippen LogP contribution >= 0.6 is 15.9 Å². The molecule has 4 nitrogen and oxygen atoms in total. The molecule has 0 amide bonds. The van der Waals surface area contributed by atoms with Crippen LogP contribution in [0.5, 0.6) is 0 Å². The minimum atomic E-state index is 0.0744. The third-order valence-corrected chi connectivity index (χ3v) is 4.14. The van der Waals surface area contributed by atoms with E-state index in [0.29, 0.717) is 13.2 Å². The molecule has 5 heteroatoms. The van der Waals surface area contributed by atoms with E-state index in [9.17, 15) is 4.79 Å². The van der Waals surface area contributed by atoms with Crippen molar-refractivity contribution >= 4 is 32.7 Å². The molecule has 1 unspecified atom stereocenters. The number of hydrogen-bond acceptors (Lipinski definition) is 3. The summed E-state index contributed by atoms with van der Waals surface area (Å²) < 4.78 is 7.79. The van der Waals surface area contributed by atoms with Crippen molar-refractivity contribution in [2.24, 2.45) is 0 Å². The minimum Gasteiger partial charge on any atom is -0.378 e. The number of carbonyl (C=O) groups excluding carboxylic acids is 1. The summed E-state index contributed by atoms with van der Waals surface area (Å²) in [7, 11) is 0. The molecule has 2 aromatic rings. The fourth-order valence-electron chi connectivity index (χ4n) is 2.51. The number of imidazole rings is 1. The smallest absolute Gasteiger partial charge is 0.159 e. The molecule has 3 rings (SSSR count). The molecule has 1 aliphatic rings. The van der Waals surface area contributed by atoms with E-state index in [1.807, 2.05) is 18.2 Å². The number of benzene rings is 1. The molecule has 0 N–H and O–H groups in total. The van der Waals surface area contributed by atoms with Crippen molar-refractivity contribution < 1.29 is 9.53 Å². The van der Waals surface area contributed by atoms with Gasteiger partial charge in [0.2, 0.25) is 0 Å². The van der Waals surface area contributed by atoms with Crippen LogP contribution in [0.4, 0.5) is 0 Å². The van der Waals surface area contributed by atoms with Crippen LogP contribution in [0.15, 0.2) is 18.2 Å². The van der Waals surface area contributed by atoms with Gasteiger partial charge in [0.15, 0.2) is 5.78 Å². The molecule has 0 spiro atoms. The molecule has 0 saturated heterocycles. The van der Waals surface area contributed by atoms with E-state index in [1.165, 1.54) is 0 Å². The topological polar surface area (TPSA) is 44.1 Å². The Morgan fingerprint density at radius 2 is 2.26 bits per heavy atom. The molecule has 0 bridgehead atoms. The molecule has 1 aromatic carbocycles.